The number of pyridine rings is 1. The number of carbonyl (C=O) groups is 1. The number of nitro groups is 1. The Morgan fingerprint density at radius 3 is 2.94 bits per heavy atom. The molecular weight excluding hydrogens is 280 g/mol. The van der Waals surface area contributed by atoms with Crippen molar-refractivity contribution >= 4 is 27.6 Å². The lowest BCUT2D eigenvalue weighted by atomic mass is 10.2. The van der Waals surface area contributed by atoms with Crippen LogP contribution in [0.2, 0.25) is 0 Å². The molecule has 0 aliphatic heterocycles. The maximum absolute atomic E-state index is 10.7. The molecule has 1 aromatic rings. The Labute approximate surface area is 99.9 Å². The summed E-state index contributed by atoms with van der Waals surface area (Å²) in [5, 5.41) is 10.7. The third-order valence-corrected chi connectivity index (χ3v) is 2.24. The molecule has 0 aliphatic rings. The molecule has 6 nitrogen and oxygen atoms in total. The Balaban J connectivity index is 2.80. The normalized spacial score (nSPS) is 9.88. The van der Waals surface area contributed by atoms with E-state index in [-0.39, 0.29) is 18.7 Å². The van der Waals surface area contributed by atoms with E-state index in [4.69, 9.17) is 4.74 Å². The summed E-state index contributed by atoms with van der Waals surface area (Å²) in [6.45, 7) is 1.41. The molecule has 7 heteroatoms. The highest BCUT2D eigenvalue weighted by molar-refractivity contribution is 9.10. The van der Waals surface area contributed by atoms with Gasteiger partial charge >= 0.3 is 5.97 Å². The van der Waals surface area contributed by atoms with Gasteiger partial charge in [-0.05, 0) is 22.0 Å². The van der Waals surface area contributed by atoms with Gasteiger partial charge in [-0.3, -0.25) is 14.9 Å². The molecule has 0 bridgehead atoms. The Bertz CT molecular complexity index is 422. The van der Waals surface area contributed by atoms with Crippen LogP contribution in [0.25, 0.3) is 0 Å². The highest BCUT2D eigenvalue weighted by Crippen LogP contribution is 2.21. The van der Waals surface area contributed by atoms with E-state index in [1.165, 1.54) is 13.1 Å². The first-order chi connectivity index (χ1) is 7.50. The van der Waals surface area contributed by atoms with Gasteiger partial charge in [0.25, 0.3) is 5.69 Å². The van der Waals surface area contributed by atoms with Crippen LogP contribution in [0.1, 0.15) is 12.5 Å². The largest absolute Gasteiger partial charge is 0.466 e. The van der Waals surface area contributed by atoms with E-state index in [0.29, 0.717) is 10.2 Å². The summed E-state index contributed by atoms with van der Waals surface area (Å²) in [6.07, 6.45) is 1.46. The zero-order valence-corrected chi connectivity index (χ0v) is 10.1. The van der Waals surface area contributed by atoms with Crippen molar-refractivity contribution in [2.75, 3.05) is 6.61 Å². The number of aromatic nitrogens is 1. The van der Waals surface area contributed by atoms with Crippen molar-refractivity contribution in [3.8, 4) is 0 Å². The van der Waals surface area contributed by atoms with Gasteiger partial charge < -0.3 is 4.74 Å². The third-order valence-electron chi connectivity index (χ3n) is 1.81. The van der Waals surface area contributed by atoms with E-state index in [1.54, 1.807) is 6.07 Å². The molecule has 0 fully saturated rings. The Morgan fingerprint density at radius 1 is 1.69 bits per heavy atom. The van der Waals surface area contributed by atoms with Crippen molar-refractivity contribution in [2.24, 2.45) is 0 Å². The molecule has 1 aromatic heterocycles. The van der Waals surface area contributed by atoms with Crippen LogP contribution in [-0.4, -0.2) is 22.5 Å². The molecule has 0 saturated heterocycles. The first kappa shape index (κ1) is 12.6. The van der Waals surface area contributed by atoms with Crippen molar-refractivity contribution in [2.45, 2.75) is 13.3 Å². The predicted molar refractivity (Wildman–Crippen MR) is 58.9 cm³/mol. The van der Waals surface area contributed by atoms with Gasteiger partial charge in [-0.1, -0.05) is 0 Å². The number of hydrogen-bond acceptors (Lipinski definition) is 5. The predicted octanol–water partition coefficient (Wildman–Crippen LogP) is 1.86. The quantitative estimate of drug-likeness (QED) is 0.365. The molecule has 1 heterocycles. The van der Waals surface area contributed by atoms with Crippen LogP contribution in [0.3, 0.4) is 0 Å². The van der Waals surface area contributed by atoms with Crippen LogP contribution >= 0.6 is 15.9 Å². The SMILES string of the molecule is CC(=O)OCCc1cc(Br)ncc1[N+](=O)[O-]. The molecule has 1 rings (SSSR count). The minimum Gasteiger partial charge on any atom is -0.466 e. The summed E-state index contributed by atoms with van der Waals surface area (Å²) in [6, 6.07) is 1.54. The Hall–Kier alpha value is -1.50. The molecule has 0 aromatic carbocycles. The molecule has 0 aliphatic carbocycles. The second-order valence-corrected chi connectivity index (χ2v) is 3.80. The maximum atomic E-state index is 10.7. The van der Waals surface area contributed by atoms with Crippen molar-refractivity contribution < 1.29 is 14.5 Å². The van der Waals surface area contributed by atoms with Gasteiger partial charge in [-0.2, -0.15) is 0 Å². The summed E-state index contributed by atoms with van der Waals surface area (Å²) in [7, 11) is 0. The molecule has 0 spiro atoms. The number of carbonyl (C=O) groups excluding carboxylic acids is 1. The first-order valence-corrected chi connectivity index (χ1v) is 5.22. The number of esters is 1. The van der Waals surface area contributed by atoms with Gasteiger partial charge in [0.1, 0.15) is 10.8 Å². The lowest BCUT2D eigenvalue weighted by Gasteiger charge is -2.03. The van der Waals surface area contributed by atoms with E-state index in [1.807, 2.05) is 0 Å². The van der Waals surface area contributed by atoms with Crippen LogP contribution in [-0.2, 0) is 16.0 Å². The summed E-state index contributed by atoms with van der Waals surface area (Å²) < 4.78 is 5.23. The Kier molecular flexibility index (Phi) is 4.36. The summed E-state index contributed by atoms with van der Waals surface area (Å²) in [4.78, 5) is 24.5. The fourth-order valence-corrected chi connectivity index (χ4v) is 1.51. The molecule has 0 amide bonds. The third kappa shape index (κ3) is 3.58. The van der Waals surface area contributed by atoms with Crippen molar-refractivity contribution in [3.63, 3.8) is 0 Å². The maximum Gasteiger partial charge on any atom is 0.302 e. The average Bonchev–Trinajstić information content (AvgIpc) is 2.16. The summed E-state index contributed by atoms with van der Waals surface area (Å²) >= 11 is 3.12. The number of nitrogens with zero attached hydrogens (tertiary/aromatic N) is 2. The number of halogens is 1. The Morgan fingerprint density at radius 2 is 2.38 bits per heavy atom. The van der Waals surface area contributed by atoms with Crippen LogP contribution in [0.5, 0.6) is 0 Å². The lowest BCUT2D eigenvalue weighted by molar-refractivity contribution is -0.385. The van der Waals surface area contributed by atoms with Gasteiger partial charge in [-0.15, -0.1) is 0 Å². The van der Waals surface area contributed by atoms with Crippen molar-refractivity contribution in [1.29, 1.82) is 0 Å². The molecule has 0 radical (unpaired) electrons. The first-order valence-electron chi connectivity index (χ1n) is 4.43. The van der Waals surface area contributed by atoms with E-state index in [9.17, 15) is 14.9 Å². The molecular formula is C9H9BrN2O4. The average molecular weight is 289 g/mol. The second-order valence-electron chi connectivity index (χ2n) is 2.98. The fraction of sp³-hybridized carbons (Fsp3) is 0.333. The van der Waals surface area contributed by atoms with Crippen LogP contribution < -0.4 is 0 Å². The van der Waals surface area contributed by atoms with Gasteiger partial charge in [0.15, 0.2) is 0 Å². The number of hydrogen-bond donors (Lipinski definition) is 0. The van der Waals surface area contributed by atoms with E-state index < -0.39 is 10.9 Å². The molecule has 0 saturated carbocycles. The van der Waals surface area contributed by atoms with Gasteiger partial charge in [0, 0.05) is 18.9 Å². The lowest BCUT2D eigenvalue weighted by Crippen LogP contribution is -2.05. The summed E-state index contributed by atoms with van der Waals surface area (Å²) in [5.41, 5.74) is 0.406. The molecule has 0 atom stereocenters. The molecule has 86 valence electrons. The molecule has 0 unspecified atom stereocenters. The standard InChI is InChI=1S/C9H9BrN2O4/c1-6(13)16-3-2-7-4-9(10)11-5-8(7)12(14)15/h4-5H,2-3H2,1H3. The number of ether oxygens (including phenoxy) is 1. The van der Waals surface area contributed by atoms with Gasteiger partial charge in [0.2, 0.25) is 0 Å². The zero-order valence-electron chi connectivity index (χ0n) is 8.47. The monoisotopic (exact) mass is 288 g/mol. The second kappa shape index (κ2) is 5.55. The van der Waals surface area contributed by atoms with E-state index >= 15 is 0 Å². The smallest absolute Gasteiger partial charge is 0.302 e. The topological polar surface area (TPSA) is 82.3 Å². The highest BCUT2D eigenvalue weighted by Gasteiger charge is 2.14. The fourth-order valence-electron chi connectivity index (χ4n) is 1.13. The zero-order chi connectivity index (χ0) is 12.1. The van der Waals surface area contributed by atoms with Crippen molar-refractivity contribution in [1.82, 2.24) is 4.98 Å². The van der Waals surface area contributed by atoms with E-state index in [2.05, 4.69) is 20.9 Å². The van der Waals surface area contributed by atoms with E-state index in [0.717, 1.165) is 0 Å². The summed E-state index contributed by atoms with van der Waals surface area (Å²) in [5.74, 6) is -0.407. The van der Waals surface area contributed by atoms with Crippen LogP contribution in [0.4, 0.5) is 5.69 Å². The molecule has 16 heavy (non-hydrogen) atoms. The van der Waals surface area contributed by atoms with Gasteiger partial charge in [0.05, 0.1) is 11.5 Å². The minimum absolute atomic E-state index is 0.0737. The van der Waals surface area contributed by atoms with Gasteiger partial charge in [-0.25, -0.2) is 4.98 Å². The van der Waals surface area contributed by atoms with Crippen LogP contribution in [0.15, 0.2) is 16.9 Å². The van der Waals surface area contributed by atoms with Crippen molar-refractivity contribution in [3.05, 3.63) is 32.5 Å². The minimum atomic E-state index is -0.511. The molecule has 0 N–H and O–H groups in total. The van der Waals surface area contributed by atoms with Crippen LogP contribution in [0, 0.1) is 10.1 Å². The highest BCUT2D eigenvalue weighted by atomic mass is 79.9. The number of rotatable bonds is 4.